The number of amidine groups is 1. The number of thioether (sulfide) groups is 1. The highest BCUT2D eigenvalue weighted by molar-refractivity contribution is 8.18. The van der Waals surface area contributed by atoms with Crippen LogP contribution in [0.5, 0.6) is 0 Å². The Kier molecular flexibility index (Phi) is 5.42. The van der Waals surface area contributed by atoms with Crippen molar-refractivity contribution < 1.29 is 28.6 Å². The van der Waals surface area contributed by atoms with E-state index >= 15 is 0 Å². The van der Waals surface area contributed by atoms with E-state index in [1.807, 2.05) is 0 Å². The molecule has 1 aromatic rings. The van der Waals surface area contributed by atoms with Crippen LogP contribution in [0.25, 0.3) is 0 Å². The smallest absolute Gasteiger partial charge is 0.336 e. The zero-order valence-electron chi connectivity index (χ0n) is 12.1. The lowest BCUT2D eigenvalue weighted by Gasteiger charge is -2.00. The third-order valence-corrected chi connectivity index (χ3v) is 3.62. The summed E-state index contributed by atoms with van der Waals surface area (Å²) in [6, 6.07) is 3.58. The largest absolute Gasteiger partial charge is 0.478 e. The second-order valence-corrected chi connectivity index (χ2v) is 5.27. The average molecular weight is 351 g/mol. The highest BCUT2D eigenvalue weighted by Gasteiger charge is 2.25. The Balaban J connectivity index is 2.19. The molecule has 0 aromatic heterocycles. The third kappa shape index (κ3) is 4.04. The highest BCUT2D eigenvalue weighted by atomic mass is 32.2. The fourth-order valence-electron chi connectivity index (χ4n) is 1.63. The molecule has 1 fully saturated rings. The maximum absolute atomic E-state index is 13.7. The fraction of sp³-hybridized carbons (Fsp3) is 0.0714. The minimum Gasteiger partial charge on any atom is -0.478 e. The number of esters is 1. The van der Waals surface area contributed by atoms with Gasteiger partial charge in [-0.2, -0.15) is 5.10 Å². The maximum Gasteiger partial charge on any atom is 0.336 e. The standard InChI is InChI=1S/C14H10FN3O5S/c1-23-11(19)5-10-12(20)17-14(24-10)18-16-6-8-7(13(21)22)3-2-4-9(8)15/h2-6H,1H3,(H,21,22)(H,17,18,20)/b10-5+,16-6?. The lowest BCUT2D eigenvalue weighted by Crippen LogP contribution is -2.19. The van der Waals surface area contributed by atoms with Crippen molar-refractivity contribution >= 4 is 41.0 Å². The van der Waals surface area contributed by atoms with Crippen molar-refractivity contribution in [2.24, 2.45) is 10.2 Å². The number of methoxy groups -OCH3 is 1. The molecule has 1 aliphatic heterocycles. The van der Waals surface area contributed by atoms with Crippen LogP contribution < -0.4 is 5.32 Å². The summed E-state index contributed by atoms with van der Waals surface area (Å²) in [7, 11) is 1.17. The Morgan fingerprint density at radius 2 is 2.17 bits per heavy atom. The molecular formula is C14H10FN3O5S. The van der Waals surface area contributed by atoms with Crippen LogP contribution in [0.2, 0.25) is 0 Å². The quantitative estimate of drug-likeness (QED) is 0.363. The molecular weight excluding hydrogens is 341 g/mol. The van der Waals surface area contributed by atoms with Gasteiger partial charge in [0, 0.05) is 11.6 Å². The molecule has 1 heterocycles. The summed E-state index contributed by atoms with van der Waals surface area (Å²) >= 11 is 0.838. The van der Waals surface area contributed by atoms with Crippen molar-refractivity contribution in [3.8, 4) is 0 Å². The molecule has 10 heteroatoms. The van der Waals surface area contributed by atoms with Crippen molar-refractivity contribution in [3.63, 3.8) is 0 Å². The molecule has 0 saturated carbocycles. The summed E-state index contributed by atoms with van der Waals surface area (Å²) < 4.78 is 18.1. The molecule has 0 spiro atoms. The van der Waals surface area contributed by atoms with Gasteiger partial charge in [0.05, 0.1) is 23.8 Å². The van der Waals surface area contributed by atoms with Crippen LogP contribution in [0, 0.1) is 5.82 Å². The molecule has 8 nitrogen and oxygen atoms in total. The van der Waals surface area contributed by atoms with Gasteiger partial charge in [-0.3, -0.25) is 10.1 Å². The number of carboxylic acid groups (broad SMARTS) is 1. The summed E-state index contributed by atoms with van der Waals surface area (Å²) in [5, 5.41) is 18.6. The normalized spacial score (nSPS) is 17.5. The Labute approximate surface area is 139 Å². The van der Waals surface area contributed by atoms with E-state index in [0.717, 1.165) is 30.1 Å². The first-order chi connectivity index (χ1) is 11.4. The molecule has 2 rings (SSSR count). The number of hydrogen-bond acceptors (Lipinski definition) is 7. The molecule has 1 aliphatic rings. The van der Waals surface area contributed by atoms with E-state index in [4.69, 9.17) is 5.11 Å². The lowest BCUT2D eigenvalue weighted by atomic mass is 10.1. The fourth-order valence-corrected chi connectivity index (χ4v) is 2.37. The zero-order valence-corrected chi connectivity index (χ0v) is 13.0. The highest BCUT2D eigenvalue weighted by Crippen LogP contribution is 2.23. The van der Waals surface area contributed by atoms with Crippen molar-refractivity contribution in [1.29, 1.82) is 0 Å². The molecule has 0 aliphatic carbocycles. The van der Waals surface area contributed by atoms with E-state index in [0.29, 0.717) is 0 Å². The van der Waals surface area contributed by atoms with Gasteiger partial charge in [0.2, 0.25) is 0 Å². The maximum atomic E-state index is 13.7. The Morgan fingerprint density at radius 3 is 2.83 bits per heavy atom. The number of carbonyl (C=O) groups excluding carboxylic acids is 2. The van der Waals surface area contributed by atoms with Crippen LogP contribution in [-0.2, 0) is 14.3 Å². The van der Waals surface area contributed by atoms with Gasteiger partial charge < -0.3 is 9.84 Å². The minimum absolute atomic E-state index is 0.0552. The van der Waals surface area contributed by atoms with Crippen molar-refractivity contribution in [3.05, 3.63) is 46.1 Å². The predicted octanol–water partition coefficient (Wildman–Crippen LogP) is 1.13. The second-order valence-electron chi connectivity index (χ2n) is 4.24. The van der Waals surface area contributed by atoms with Crippen LogP contribution in [0.1, 0.15) is 15.9 Å². The molecule has 24 heavy (non-hydrogen) atoms. The molecule has 0 radical (unpaired) electrons. The number of rotatable bonds is 4. The Morgan fingerprint density at radius 1 is 1.42 bits per heavy atom. The first-order valence-electron chi connectivity index (χ1n) is 6.34. The van der Waals surface area contributed by atoms with Gasteiger partial charge in [0.1, 0.15) is 5.82 Å². The van der Waals surface area contributed by atoms with E-state index in [1.54, 1.807) is 0 Å². The molecule has 0 unspecified atom stereocenters. The number of carbonyl (C=O) groups is 3. The van der Waals surface area contributed by atoms with Gasteiger partial charge in [-0.25, -0.2) is 14.0 Å². The van der Waals surface area contributed by atoms with Crippen molar-refractivity contribution in [2.75, 3.05) is 7.11 Å². The molecule has 2 N–H and O–H groups in total. The minimum atomic E-state index is -1.31. The first kappa shape index (κ1) is 17.3. The van der Waals surface area contributed by atoms with Crippen LogP contribution in [0.15, 0.2) is 39.4 Å². The third-order valence-electron chi connectivity index (χ3n) is 2.72. The molecule has 0 bridgehead atoms. The molecule has 0 atom stereocenters. The van der Waals surface area contributed by atoms with Crippen molar-refractivity contribution in [2.45, 2.75) is 0 Å². The SMILES string of the molecule is COC(=O)/C=C1/S/C(=N\N=Cc2c(F)cccc2C(=O)O)NC1=O. The van der Waals surface area contributed by atoms with Gasteiger partial charge >= 0.3 is 11.9 Å². The molecule has 1 amide bonds. The van der Waals surface area contributed by atoms with Crippen molar-refractivity contribution in [1.82, 2.24) is 5.32 Å². The van der Waals surface area contributed by atoms with Gasteiger partial charge in [-0.05, 0) is 23.9 Å². The molecule has 1 saturated heterocycles. The van der Waals surface area contributed by atoms with Crippen LogP contribution in [-0.4, -0.2) is 41.4 Å². The van der Waals surface area contributed by atoms with Gasteiger partial charge in [-0.15, -0.1) is 5.10 Å². The number of nitrogens with one attached hydrogen (secondary N) is 1. The van der Waals surface area contributed by atoms with E-state index < -0.39 is 23.7 Å². The summed E-state index contributed by atoms with van der Waals surface area (Å²) in [6.45, 7) is 0. The van der Waals surface area contributed by atoms with Gasteiger partial charge in [0.15, 0.2) is 5.17 Å². The number of benzene rings is 1. The van der Waals surface area contributed by atoms with E-state index in [-0.39, 0.29) is 21.2 Å². The zero-order chi connectivity index (χ0) is 17.7. The van der Waals surface area contributed by atoms with Crippen LogP contribution >= 0.6 is 11.8 Å². The second kappa shape index (κ2) is 7.51. The monoisotopic (exact) mass is 351 g/mol. The van der Waals surface area contributed by atoms with E-state index in [9.17, 15) is 18.8 Å². The molecule has 1 aromatic carbocycles. The van der Waals surface area contributed by atoms with Crippen LogP contribution in [0.4, 0.5) is 4.39 Å². The number of halogens is 1. The Bertz CT molecular complexity index is 804. The van der Waals surface area contributed by atoms with Gasteiger partial charge in [-0.1, -0.05) is 6.07 Å². The topological polar surface area (TPSA) is 117 Å². The van der Waals surface area contributed by atoms with E-state index in [2.05, 4.69) is 20.3 Å². The summed E-state index contributed by atoms with van der Waals surface area (Å²) in [5.74, 6) is -3.34. The number of aromatic carboxylic acids is 1. The summed E-state index contributed by atoms with van der Waals surface area (Å²) in [4.78, 5) is 33.8. The number of hydrogen-bond donors (Lipinski definition) is 2. The van der Waals surface area contributed by atoms with Crippen LogP contribution in [0.3, 0.4) is 0 Å². The number of amides is 1. The lowest BCUT2D eigenvalue weighted by molar-refractivity contribution is -0.135. The predicted molar refractivity (Wildman–Crippen MR) is 84.2 cm³/mol. The average Bonchev–Trinajstić information content (AvgIpc) is 2.88. The first-order valence-corrected chi connectivity index (χ1v) is 7.15. The number of carboxylic acids is 1. The number of nitrogens with zero attached hydrogens (tertiary/aromatic N) is 2. The summed E-state index contributed by atoms with van der Waals surface area (Å²) in [5.41, 5.74) is -0.512. The van der Waals surface area contributed by atoms with Gasteiger partial charge in [0.25, 0.3) is 5.91 Å². The van der Waals surface area contributed by atoms with E-state index in [1.165, 1.54) is 19.2 Å². The molecule has 124 valence electrons. The summed E-state index contributed by atoms with van der Waals surface area (Å²) in [6.07, 6.45) is 1.92. The number of ether oxygens (including phenoxy) is 1. The Hall–Kier alpha value is -3.01.